The summed E-state index contributed by atoms with van der Waals surface area (Å²) in [5.74, 6) is 1.72. The first-order chi connectivity index (χ1) is 12.2. The number of rotatable bonds is 7. The number of benzene rings is 2. The van der Waals surface area contributed by atoms with Gasteiger partial charge in [-0.3, -0.25) is 4.79 Å². The van der Waals surface area contributed by atoms with Gasteiger partial charge in [-0.15, -0.1) is 0 Å². The number of aryl methyl sites for hydroxylation is 1. The van der Waals surface area contributed by atoms with Gasteiger partial charge in [-0.25, -0.2) is 4.98 Å². The lowest BCUT2D eigenvalue weighted by Gasteiger charge is -2.11. The van der Waals surface area contributed by atoms with E-state index in [1.165, 1.54) is 17.8 Å². The Hall–Kier alpha value is -2.53. The van der Waals surface area contributed by atoms with E-state index in [-0.39, 0.29) is 5.56 Å². The molecule has 3 aromatic rings. The van der Waals surface area contributed by atoms with Crippen LogP contribution in [0.4, 0.5) is 0 Å². The Morgan fingerprint density at radius 3 is 2.64 bits per heavy atom. The van der Waals surface area contributed by atoms with Crippen LogP contribution in [0.3, 0.4) is 0 Å². The largest absolute Gasteiger partial charge is 0.493 e. The highest BCUT2D eigenvalue weighted by atomic mass is 32.2. The predicted molar refractivity (Wildman–Crippen MR) is 102 cm³/mol. The van der Waals surface area contributed by atoms with Gasteiger partial charge in [0, 0.05) is 23.1 Å². The van der Waals surface area contributed by atoms with E-state index in [1.807, 2.05) is 43.3 Å². The van der Waals surface area contributed by atoms with Crippen LogP contribution in [0.25, 0.3) is 11.1 Å². The van der Waals surface area contributed by atoms with Crippen molar-refractivity contribution >= 4 is 11.8 Å². The lowest BCUT2D eigenvalue weighted by Crippen LogP contribution is -2.08. The maximum Gasteiger partial charge on any atom is 0.251 e. The molecule has 5 heteroatoms. The Kier molecular flexibility index (Phi) is 5.90. The molecule has 2 aromatic carbocycles. The van der Waals surface area contributed by atoms with E-state index in [0.717, 1.165) is 34.7 Å². The van der Waals surface area contributed by atoms with E-state index >= 15 is 0 Å². The van der Waals surface area contributed by atoms with Crippen LogP contribution in [-0.2, 0) is 0 Å². The van der Waals surface area contributed by atoms with Gasteiger partial charge >= 0.3 is 0 Å². The Bertz CT molecular complexity index is 878. The number of ether oxygens (including phenoxy) is 1. The number of hydrogen-bond donors (Lipinski definition) is 1. The highest BCUT2D eigenvalue weighted by molar-refractivity contribution is 7.99. The van der Waals surface area contributed by atoms with Gasteiger partial charge < -0.3 is 9.72 Å². The smallest absolute Gasteiger partial charge is 0.251 e. The number of para-hydroxylation sites is 1. The maximum absolute atomic E-state index is 11.4. The Morgan fingerprint density at radius 1 is 1.08 bits per heavy atom. The highest BCUT2D eigenvalue weighted by Gasteiger charge is 2.05. The number of hydrogen-bond acceptors (Lipinski definition) is 4. The molecule has 0 unspecified atom stereocenters. The molecule has 0 aliphatic rings. The van der Waals surface area contributed by atoms with Crippen molar-refractivity contribution in [2.24, 2.45) is 0 Å². The normalized spacial score (nSPS) is 10.6. The molecule has 1 aromatic heterocycles. The molecule has 4 nitrogen and oxygen atoms in total. The summed E-state index contributed by atoms with van der Waals surface area (Å²) in [6, 6.07) is 19.8. The molecule has 0 spiro atoms. The maximum atomic E-state index is 11.4. The van der Waals surface area contributed by atoms with Gasteiger partial charge in [-0.2, -0.15) is 0 Å². The molecule has 1 N–H and O–H groups in total. The number of aromatic nitrogens is 2. The summed E-state index contributed by atoms with van der Waals surface area (Å²) in [4.78, 5) is 18.5. The summed E-state index contributed by atoms with van der Waals surface area (Å²) >= 11 is 1.54. The van der Waals surface area contributed by atoms with Crippen molar-refractivity contribution in [3.05, 3.63) is 76.7 Å². The Labute approximate surface area is 151 Å². The number of aromatic amines is 1. The standard InChI is InChI=1S/C20H20N2O2S/c1-15-14-19(23)22-20(21-15)25-13-7-12-24-18-11-6-5-10-17(18)16-8-3-2-4-9-16/h2-6,8-11,14H,7,12-13H2,1H3,(H,21,22,23). The minimum absolute atomic E-state index is 0.108. The zero-order valence-corrected chi connectivity index (χ0v) is 14.9. The Balaban J connectivity index is 1.54. The van der Waals surface area contributed by atoms with E-state index in [2.05, 4.69) is 28.2 Å². The summed E-state index contributed by atoms with van der Waals surface area (Å²) in [6.07, 6.45) is 0.867. The fourth-order valence-corrected chi connectivity index (χ4v) is 3.32. The van der Waals surface area contributed by atoms with Gasteiger partial charge in [-0.1, -0.05) is 60.3 Å². The van der Waals surface area contributed by atoms with Crippen molar-refractivity contribution in [1.82, 2.24) is 9.97 Å². The van der Waals surface area contributed by atoms with Crippen molar-refractivity contribution < 1.29 is 4.74 Å². The molecule has 0 bridgehead atoms. The monoisotopic (exact) mass is 352 g/mol. The summed E-state index contributed by atoms with van der Waals surface area (Å²) in [6.45, 7) is 2.44. The van der Waals surface area contributed by atoms with Gasteiger partial charge in [0.05, 0.1) is 6.61 Å². The summed E-state index contributed by atoms with van der Waals surface area (Å²) in [5, 5.41) is 0.662. The second kappa shape index (κ2) is 8.53. The van der Waals surface area contributed by atoms with Crippen LogP contribution in [-0.4, -0.2) is 22.3 Å². The van der Waals surface area contributed by atoms with Gasteiger partial charge in [-0.05, 0) is 25.0 Å². The molecule has 3 rings (SSSR count). The quantitative estimate of drug-likeness (QED) is 0.391. The first-order valence-electron chi connectivity index (χ1n) is 8.20. The summed E-state index contributed by atoms with van der Waals surface area (Å²) in [7, 11) is 0. The zero-order valence-electron chi connectivity index (χ0n) is 14.1. The third-order valence-corrected chi connectivity index (χ3v) is 4.56. The topological polar surface area (TPSA) is 55.0 Å². The van der Waals surface area contributed by atoms with Crippen LogP contribution in [0.5, 0.6) is 5.75 Å². The second-order valence-electron chi connectivity index (χ2n) is 5.60. The average molecular weight is 352 g/mol. The second-order valence-corrected chi connectivity index (χ2v) is 6.69. The first-order valence-corrected chi connectivity index (χ1v) is 9.19. The number of H-pyrrole nitrogens is 1. The number of nitrogens with one attached hydrogen (secondary N) is 1. The highest BCUT2D eigenvalue weighted by Crippen LogP contribution is 2.29. The van der Waals surface area contributed by atoms with E-state index in [9.17, 15) is 4.79 Å². The molecule has 128 valence electrons. The molecule has 0 saturated heterocycles. The first kappa shape index (κ1) is 17.3. The van der Waals surface area contributed by atoms with Crippen LogP contribution in [0.1, 0.15) is 12.1 Å². The van der Waals surface area contributed by atoms with Crippen LogP contribution < -0.4 is 10.3 Å². The predicted octanol–water partition coefficient (Wildman–Crippen LogP) is 4.31. The minimum atomic E-state index is -0.108. The van der Waals surface area contributed by atoms with Crippen molar-refractivity contribution in [2.75, 3.05) is 12.4 Å². The van der Waals surface area contributed by atoms with E-state index < -0.39 is 0 Å². The summed E-state index contributed by atoms with van der Waals surface area (Å²) < 4.78 is 5.97. The Morgan fingerprint density at radius 2 is 1.84 bits per heavy atom. The zero-order chi connectivity index (χ0) is 17.5. The molecule has 0 aliphatic heterocycles. The lowest BCUT2D eigenvalue weighted by molar-refractivity contribution is 0.320. The SMILES string of the molecule is Cc1cc(=O)[nH]c(SCCCOc2ccccc2-c2ccccc2)n1. The fourth-order valence-electron chi connectivity index (χ4n) is 2.48. The van der Waals surface area contributed by atoms with Crippen LogP contribution in [0, 0.1) is 6.92 Å². The summed E-state index contributed by atoms with van der Waals surface area (Å²) in [5.41, 5.74) is 2.87. The molecule has 0 atom stereocenters. The molecular weight excluding hydrogens is 332 g/mol. The van der Waals surface area contributed by atoms with Crippen LogP contribution in [0.2, 0.25) is 0 Å². The van der Waals surface area contributed by atoms with Crippen molar-refractivity contribution in [1.29, 1.82) is 0 Å². The molecule has 0 saturated carbocycles. The molecule has 0 amide bonds. The van der Waals surface area contributed by atoms with Crippen molar-refractivity contribution in [3.63, 3.8) is 0 Å². The molecule has 0 fully saturated rings. The van der Waals surface area contributed by atoms with Crippen molar-refractivity contribution in [2.45, 2.75) is 18.5 Å². The fraction of sp³-hybridized carbons (Fsp3) is 0.200. The van der Waals surface area contributed by atoms with E-state index in [4.69, 9.17) is 4.74 Å². The van der Waals surface area contributed by atoms with Crippen LogP contribution >= 0.6 is 11.8 Å². The number of nitrogens with zero attached hydrogens (tertiary/aromatic N) is 1. The third-order valence-electron chi connectivity index (χ3n) is 3.60. The molecule has 0 aliphatic carbocycles. The third kappa shape index (κ3) is 4.97. The number of thioether (sulfide) groups is 1. The lowest BCUT2D eigenvalue weighted by atomic mass is 10.1. The minimum Gasteiger partial charge on any atom is -0.493 e. The molecule has 0 radical (unpaired) electrons. The van der Waals surface area contributed by atoms with E-state index in [1.54, 1.807) is 0 Å². The molecular formula is C20H20N2O2S. The molecule has 25 heavy (non-hydrogen) atoms. The van der Waals surface area contributed by atoms with Gasteiger partial charge in [0.15, 0.2) is 5.16 Å². The average Bonchev–Trinajstić information content (AvgIpc) is 2.62. The van der Waals surface area contributed by atoms with Gasteiger partial charge in [0.1, 0.15) is 5.75 Å². The van der Waals surface area contributed by atoms with Gasteiger partial charge in [0.2, 0.25) is 0 Å². The van der Waals surface area contributed by atoms with Crippen LogP contribution in [0.15, 0.2) is 70.6 Å². The molecule has 1 heterocycles. The van der Waals surface area contributed by atoms with E-state index in [0.29, 0.717) is 11.8 Å². The van der Waals surface area contributed by atoms with Crippen molar-refractivity contribution in [3.8, 4) is 16.9 Å². The van der Waals surface area contributed by atoms with Gasteiger partial charge in [0.25, 0.3) is 5.56 Å².